The van der Waals surface area contributed by atoms with Crippen molar-refractivity contribution in [3.8, 4) is 0 Å². The minimum absolute atomic E-state index is 0.0927. The van der Waals surface area contributed by atoms with Gasteiger partial charge in [0.1, 0.15) is 5.69 Å². The number of hydrogen-bond donors (Lipinski definition) is 2. The van der Waals surface area contributed by atoms with Crippen LogP contribution in [0.4, 0.5) is 5.69 Å². The molecule has 0 atom stereocenters. The van der Waals surface area contributed by atoms with Gasteiger partial charge in [-0.1, -0.05) is 55.5 Å². The van der Waals surface area contributed by atoms with Gasteiger partial charge in [-0.15, -0.1) is 0 Å². The molecular weight excluding hydrogens is 310 g/mol. The third-order valence-corrected chi connectivity index (χ3v) is 4.09. The van der Waals surface area contributed by atoms with Crippen LogP contribution in [0.5, 0.6) is 0 Å². The Bertz CT molecular complexity index is 824. The fourth-order valence-electron chi connectivity index (χ4n) is 2.78. The predicted octanol–water partition coefficient (Wildman–Crippen LogP) is 3.90. The Morgan fingerprint density at radius 2 is 1.72 bits per heavy atom. The van der Waals surface area contributed by atoms with Crippen LogP contribution in [0.25, 0.3) is 0 Å². The van der Waals surface area contributed by atoms with Gasteiger partial charge in [-0.25, -0.2) is 0 Å². The van der Waals surface area contributed by atoms with Gasteiger partial charge < -0.3 is 15.2 Å². The Labute approximate surface area is 148 Å². The van der Waals surface area contributed by atoms with Crippen molar-refractivity contribution in [1.82, 2.24) is 9.88 Å². The van der Waals surface area contributed by atoms with Crippen LogP contribution >= 0.6 is 0 Å². The number of carbonyl (C=O) groups excluding carboxylic acids is 1. The molecule has 0 unspecified atom stereocenters. The molecule has 1 amide bonds. The third kappa shape index (κ3) is 4.37. The van der Waals surface area contributed by atoms with Crippen molar-refractivity contribution in [2.24, 2.45) is 0 Å². The van der Waals surface area contributed by atoms with Gasteiger partial charge in [-0.2, -0.15) is 0 Å². The molecular formula is C21H23N3O. The second kappa shape index (κ2) is 8.31. The maximum Gasteiger partial charge on any atom is 0.272 e. The maximum atomic E-state index is 12.8. The summed E-state index contributed by atoms with van der Waals surface area (Å²) in [5.41, 5.74) is 3.75. The second-order valence-corrected chi connectivity index (χ2v) is 5.90. The normalized spacial score (nSPS) is 10.6. The number of aromatic nitrogens is 1. The molecule has 0 bridgehead atoms. The molecule has 2 N–H and O–H groups in total. The summed E-state index contributed by atoms with van der Waals surface area (Å²) in [6.07, 6.45) is 1.94. The lowest BCUT2D eigenvalue weighted by Gasteiger charge is -2.13. The Morgan fingerprint density at radius 1 is 0.960 bits per heavy atom. The zero-order chi connectivity index (χ0) is 17.5. The first-order valence-electron chi connectivity index (χ1n) is 8.57. The molecule has 1 aromatic heterocycles. The van der Waals surface area contributed by atoms with Gasteiger partial charge in [-0.3, -0.25) is 4.79 Å². The monoisotopic (exact) mass is 333 g/mol. The average Bonchev–Trinajstić information content (AvgIpc) is 3.10. The largest absolute Gasteiger partial charge is 0.339 e. The zero-order valence-electron chi connectivity index (χ0n) is 14.4. The Morgan fingerprint density at radius 3 is 2.52 bits per heavy atom. The van der Waals surface area contributed by atoms with E-state index in [1.54, 1.807) is 0 Å². The molecule has 0 aliphatic carbocycles. The van der Waals surface area contributed by atoms with E-state index in [0.717, 1.165) is 24.3 Å². The highest BCUT2D eigenvalue weighted by Crippen LogP contribution is 2.17. The van der Waals surface area contributed by atoms with E-state index < -0.39 is 0 Å². The highest BCUT2D eigenvalue weighted by atomic mass is 16.1. The van der Waals surface area contributed by atoms with Crippen molar-refractivity contribution in [3.05, 3.63) is 89.7 Å². The van der Waals surface area contributed by atoms with Crippen LogP contribution in [-0.2, 0) is 13.1 Å². The van der Waals surface area contributed by atoms with E-state index in [1.165, 1.54) is 5.56 Å². The lowest BCUT2D eigenvalue weighted by Crippen LogP contribution is -2.19. The Hall–Kier alpha value is -2.85. The summed E-state index contributed by atoms with van der Waals surface area (Å²) in [5.74, 6) is -0.0927. The first-order valence-corrected chi connectivity index (χ1v) is 8.57. The number of anilines is 1. The molecule has 0 aliphatic rings. The van der Waals surface area contributed by atoms with E-state index in [0.29, 0.717) is 12.2 Å². The van der Waals surface area contributed by atoms with Gasteiger partial charge in [0.25, 0.3) is 5.91 Å². The van der Waals surface area contributed by atoms with Gasteiger partial charge >= 0.3 is 0 Å². The number of nitrogens with one attached hydrogen (secondary N) is 2. The number of rotatable bonds is 7. The molecule has 0 spiro atoms. The van der Waals surface area contributed by atoms with Crippen LogP contribution in [0.15, 0.2) is 72.9 Å². The van der Waals surface area contributed by atoms with Crippen LogP contribution in [0.1, 0.15) is 28.5 Å². The lowest BCUT2D eigenvalue weighted by atomic mass is 10.1. The van der Waals surface area contributed by atoms with E-state index in [4.69, 9.17) is 0 Å². The SMILES string of the molecule is CCNCc1ccccc1NC(=O)c1cccn1Cc1ccccc1. The van der Waals surface area contributed by atoms with Crippen molar-refractivity contribution in [3.63, 3.8) is 0 Å². The van der Waals surface area contributed by atoms with E-state index in [1.807, 2.05) is 65.4 Å². The summed E-state index contributed by atoms with van der Waals surface area (Å²) in [5, 5.41) is 6.35. The number of carbonyl (C=O) groups is 1. The summed E-state index contributed by atoms with van der Waals surface area (Å²) in [4.78, 5) is 12.8. The third-order valence-electron chi connectivity index (χ3n) is 4.09. The van der Waals surface area contributed by atoms with Crippen molar-refractivity contribution >= 4 is 11.6 Å². The van der Waals surface area contributed by atoms with Gasteiger partial charge in [0, 0.05) is 25.0 Å². The summed E-state index contributed by atoms with van der Waals surface area (Å²) in [7, 11) is 0. The predicted molar refractivity (Wildman–Crippen MR) is 102 cm³/mol. The molecule has 4 heteroatoms. The van der Waals surface area contributed by atoms with Crippen molar-refractivity contribution in [2.75, 3.05) is 11.9 Å². The van der Waals surface area contributed by atoms with Crippen LogP contribution < -0.4 is 10.6 Å². The van der Waals surface area contributed by atoms with E-state index >= 15 is 0 Å². The Kier molecular flexibility index (Phi) is 5.65. The van der Waals surface area contributed by atoms with Crippen LogP contribution in [-0.4, -0.2) is 17.0 Å². The topological polar surface area (TPSA) is 46.1 Å². The van der Waals surface area contributed by atoms with E-state index in [-0.39, 0.29) is 5.91 Å². The number of nitrogens with zero attached hydrogens (tertiary/aromatic N) is 1. The molecule has 0 saturated heterocycles. The van der Waals surface area contributed by atoms with E-state index in [2.05, 4.69) is 29.7 Å². The minimum Gasteiger partial charge on any atom is -0.339 e. The summed E-state index contributed by atoms with van der Waals surface area (Å²) in [6, 6.07) is 21.8. The van der Waals surface area contributed by atoms with Gasteiger partial charge in [0.2, 0.25) is 0 Å². The van der Waals surface area contributed by atoms with Crippen LogP contribution in [0.3, 0.4) is 0 Å². The molecule has 2 aromatic carbocycles. The number of hydrogen-bond acceptors (Lipinski definition) is 2. The van der Waals surface area contributed by atoms with Crippen molar-refractivity contribution in [1.29, 1.82) is 0 Å². The Balaban J connectivity index is 1.76. The molecule has 4 nitrogen and oxygen atoms in total. The maximum absolute atomic E-state index is 12.8. The van der Waals surface area contributed by atoms with Gasteiger partial charge in [0.05, 0.1) is 0 Å². The summed E-state index contributed by atoms with van der Waals surface area (Å²) < 4.78 is 1.97. The van der Waals surface area contributed by atoms with Crippen molar-refractivity contribution < 1.29 is 4.79 Å². The molecule has 3 aromatic rings. The second-order valence-electron chi connectivity index (χ2n) is 5.90. The minimum atomic E-state index is -0.0927. The molecule has 25 heavy (non-hydrogen) atoms. The number of para-hydroxylation sites is 1. The van der Waals surface area contributed by atoms with E-state index in [9.17, 15) is 4.79 Å². The molecule has 0 fully saturated rings. The molecule has 0 aliphatic heterocycles. The fourth-order valence-corrected chi connectivity index (χ4v) is 2.78. The molecule has 3 rings (SSSR count). The molecule has 1 heterocycles. The average molecular weight is 333 g/mol. The highest BCUT2D eigenvalue weighted by Gasteiger charge is 2.13. The lowest BCUT2D eigenvalue weighted by molar-refractivity contribution is 0.101. The van der Waals surface area contributed by atoms with Crippen molar-refractivity contribution in [2.45, 2.75) is 20.0 Å². The first-order chi connectivity index (χ1) is 12.3. The van der Waals surface area contributed by atoms with Crippen LogP contribution in [0.2, 0.25) is 0 Å². The fraction of sp³-hybridized carbons (Fsp3) is 0.190. The van der Waals surface area contributed by atoms with Gasteiger partial charge in [0.15, 0.2) is 0 Å². The van der Waals surface area contributed by atoms with Gasteiger partial charge in [-0.05, 0) is 35.9 Å². The molecule has 0 radical (unpaired) electrons. The number of benzene rings is 2. The van der Waals surface area contributed by atoms with Crippen LogP contribution in [0, 0.1) is 0 Å². The smallest absolute Gasteiger partial charge is 0.272 e. The molecule has 0 saturated carbocycles. The first kappa shape index (κ1) is 17.0. The summed E-state index contributed by atoms with van der Waals surface area (Å²) >= 11 is 0. The standard InChI is InChI=1S/C21H23N3O/c1-2-22-15-18-11-6-7-12-19(18)23-21(25)20-13-8-14-24(20)16-17-9-4-3-5-10-17/h3-14,22H,2,15-16H2,1H3,(H,23,25). The highest BCUT2D eigenvalue weighted by molar-refractivity contribution is 6.03. The summed E-state index contributed by atoms with van der Waals surface area (Å²) in [6.45, 7) is 4.37. The quantitative estimate of drug-likeness (QED) is 0.689. The zero-order valence-corrected chi connectivity index (χ0v) is 14.4. The number of amides is 1. The molecule has 128 valence electrons.